The average molecular weight is 332 g/mol. The summed E-state index contributed by atoms with van der Waals surface area (Å²) in [6.07, 6.45) is 1.29. The minimum Gasteiger partial charge on any atom is -0.322 e. The summed E-state index contributed by atoms with van der Waals surface area (Å²) in [7, 11) is 0. The first kappa shape index (κ1) is 15.2. The lowest BCUT2D eigenvalue weighted by atomic mass is 10.2. The van der Waals surface area contributed by atoms with Crippen molar-refractivity contribution in [2.75, 3.05) is 5.32 Å². The molecule has 23 heavy (non-hydrogen) atoms. The number of hydrogen-bond acceptors (Lipinski definition) is 3. The van der Waals surface area contributed by atoms with Gasteiger partial charge in [-0.2, -0.15) is 0 Å². The van der Waals surface area contributed by atoms with Gasteiger partial charge in [-0.15, -0.1) is 0 Å². The third kappa shape index (κ3) is 3.07. The highest BCUT2D eigenvalue weighted by atomic mass is 35.5. The van der Waals surface area contributed by atoms with Gasteiger partial charge in [-0.3, -0.25) is 14.2 Å². The van der Waals surface area contributed by atoms with Crippen molar-refractivity contribution in [3.05, 3.63) is 70.0 Å². The van der Waals surface area contributed by atoms with Crippen LogP contribution in [-0.2, 0) is 11.3 Å². The fraction of sp³-hybridized carbons (Fsp3) is 0.0625. The minimum atomic E-state index is -0.716. The molecule has 0 radical (unpaired) electrons. The van der Waals surface area contributed by atoms with Crippen molar-refractivity contribution in [3.8, 4) is 0 Å². The fourth-order valence-electron chi connectivity index (χ4n) is 2.16. The molecule has 116 valence electrons. The first-order valence-electron chi connectivity index (χ1n) is 6.74. The predicted molar refractivity (Wildman–Crippen MR) is 86.0 cm³/mol. The number of carbonyl (C=O) groups is 1. The van der Waals surface area contributed by atoms with E-state index < -0.39 is 11.7 Å². The first-order chi connectivity index (χ1) is 11.1. The van der Waals surface area contributed by atoms with Gasteiger partial charge in [0.25, 0.3) is 5.56 Å². The monoisotopic (exact) mass is 331 g/mol. The van der Waals surface area contributed by atoms with Crippen molar-refractivity contribution < 1.29 is 9.18 Å². The molecule has 0 aliphatic heterocycles. The van der Waals surface area contributed by atoms with Gasteiger partial charge >= 0.3 is 0 Å². The summed E-state index contributed by atoms with van der Waals surface area (Å²) in [5.74, 6) is -1.27. The van der Waals surface area contributed by atoms with Crippen LogP contribution in [0.25, 0.3) is 10.9 Å². The molecular weight excluding hydrogens is 321 g/mol. The maximum Gasteiger partial charge on any atom is 0.261 e. The molecule has 2 aromatic carbocycles. The van der Waals surface area contributed by atoms with Crippen LogP contribution in [-0.4, -0.2) is 15.5 Å². The number of amides is 1. The highest BCUT2D eigenvalue weighted by Crippen LogP contribution is 2.21. The molecule has 1 N–H and O–H groups in total. The first-order valence-corrected chi connectivity index (χ1v) is 7.12. The van der Waals surface area contributed by atoms with E-state index in [4.69, 9.17) is 11.6 Å². The van der Waals surface area contributed by atoms with Crippen LogP contribution in [0.3, 0.4) is 0 Å². The molecule has 0 bridgehead atoms. The quantitative estimate of drug-likeness (QED) is 0.802. The number of nitrogens with zero attached hydrogens (tertiary/aromatic N) is 2. The number of carbonyl (C=O) groups excluding carboxylic acids is 1. The minimum absolute atomic E-state index is 0.0377. The second-order valence-corrected chi connectivity index (χ2v) is 5.25. The van der Waals surface area contributed by atoms with Crippen LogP contribution in [0, 0.1) is 5.82 Å². The van der Waals surface area contributed by atoms with Crippen molar-refractivity contribution in [1.82, 2.24) is 9.55 Å². The van der Waals surface area contributed by atoms with Gasteiger partial charge < -0.3 is 5.32 Å². The molecule has 0 atom stereocenters. The molecule has 1 amide bonds. The molecule has 1 aromatic heterocycles. The number of para-hydroxylation sites is 1. The maximum atomic E-state index is 13.8. The lowest BCUT2D eigenvalue weighted by Gasteiger charge is -2.09. The predicted octanol–water partition coefficient (Wildman–Crippen LogP) is 2.83. The molecule has 5 nitrogen and oxygen atoms in total. The van der Waals surface area contributed by atoms with Crippen LogP contribution in [0.2, 0.25) is 5.02 Å². The van der Waals surface area contributed by atoms with Crippen LogP contribution in [0.15, 0.2) is 53.6 Å². The van der Waals surface area contributed by atoms with Gasteiger partial charge in [-0.05, 0) is 24.3 Å². The second-order valence-electron chi connectivity index (χ2n) is 4.84. The molecule has 1 heterocycles. The van der Waals surface area contributed by atoms with Gasteiger partial charge in [0.15, 0.2) is 5.82 Å². The van der Waals surface area contributed by atoms with Crippen LogP contribution < -0.4 is 10.9 Å². The molecular formula is C16H11ClFN3O2. The summed E-state index contributed by atoms with van der Waals surface area (Å²) in [6, 6.07) is 11.1. The molecule has 3 aromatic rings. The number of nitrogens with one attached hydrogen (secondary N) is 1. The lowest BCUT2D eigenvalue weighted by Crippen LogP contribution is -2.28. The van der Waals surface area contributed by atoms with Gasteiger partial charge in [0.1, 0.15) is 6.54 Å². The Bertz CT molecular complexity index is 955. The molecule has 0 aliphatic rings. The van der Waals surface area contributed by atoms with E-state index in [1.165, 1.54) is 29.1 Å². The Hall–Kier alpha value is -2.73. The second kappa shape index (κ2) is 6.18. The Kier molecular flexibility index (Phi) is 4.08. The van der Waals surface area contributed by atoms with Crippen LogP contribution in [0.5, 0.6) is 0 Å². The number of halogens is 2. The fourth-order valence-corrected chi connectivity index (χ4v) is 2.34. The smallest absolute Gasteiger partial charge is 0.261 e. The van der Waals surface area contributed by atoms with Crippen molar-refractivity contribution >= 4 is 34.1 Å². The van der Waals surface area contributed by atoms with E-state index in [2.05, 4.69) is 10.3 Å². The van der Waals surface area contributed by atoms with E-state index in [-0.39, 0.29) is 22.8 Å². The highest BCUT2D eigenvalue weighted by molar-refractivity contribution is 6.31. The summed E-state index contributed by atoms with van der Waals surface area (Å²) in [4.78, 5) is 28.4. The standard InChI is InChI=1S/C16H11ClFN3O2/c17-11-5-3-7-13(15(11)18)20-14(22)8-21-9-19-12-6-2-1-4-10(12)16(21)23/h1-7,9H,8H2,(H,20,22). The number of benzene rings is 2. The van der Waals surface area contributed by atoms with Crippen molar-refractivity contribution in [2.24, 2.45) is 0 Å². The summed E-state index contributed by atoms with van der Waals surface area (Å²) >= 11 is 5.66. The molecule has 0 saturated heterocycles. The van der Waals surface area contributed by atoms with E-state index in [1.807, 2.05) is 0 Å². The zero-order chi connectivity index (χ0) is 16.4. The summed E-state index contributed by atoms with van der Waals surface area (Å²) in [5, 5.41) is 2.71. The zero-order valence-corrected chi connectivity index (χ0v) is 12.5. The zero-order valence-electron chi connectivity index (χ0n) is 11.8. The van der Waals surface area contributed by atoms with Gasteiger partial charge in [0.05, 0.1) is 27.9 Å². The van der Waals surface area contributed by atoms with E-state index in [9.17, 15) is 14.0 Å². The van der Waals surface area contributed by atoms with Crippen molar-refractivity contribution in [2.45, 2.75) is 6.54 Å². The third-order valence-electron chi connectivity index (χ3n) is 3.27. The SMILES string of the molecule is O=C(Cn1cnc2ccccc2c1=O)Nc1cccc(Cl)c1F. The average Bonchev–Trinajstić information content (AvgIpc) is 2.55. The molecule has 0 fully saturated rings. The Morgan fingerprint density at radius 2 is 2.00 bits per heavy atom. The molecule has 3 rings (SSSR count). The number of rotatable bonds is 3. The van der Waals surface area contributed by atoms with Crippen LogP contribution in [0.1, 0.15) is 0 Å². The van der Waals surface area contributed by atoms with Crippen molar-refractivity contribution in [1.29, 1.82) is 0 Å². The summed E-state index contributed by atoms with van der Waals surface area (Å²) in [6.45, 7) is -0.275. The van der Waals surface area contributed by atoms with Gasteiger partial charge in [-0.25, -0.2) is 9.37 Å². The number of hydrogen-bond donors (Lipinski definition) is 1. The van der Waals surface area contributed by atoms with Gasteiger partial charge in [0, 0.05) is 0 Å². The number of aromatic nitrogens is 2. The van der Waals surface area contributed by atoms with Gasteiger partial charge in [-0.1, -0.05) is 29.8 Å². The Morgan fingerprint density at radius 1 is 1.22 bits per heavy atom. The Morgan fingerprint density at radius 3 is 2.83 bits per heavy atom. The van der Waals surface area contributed by atoms with E-state index in [0.717, 1.165) is 0 Å². The van der Waals surface area contributed by atoms with Crippen LogP contribution in [0.4, 0.5) is 10.1 Å². The van der Waals surface area contributed by atoms with Crippen molar-refractivity contribution in [3.63, 3.8) is 0 Å². The Labute approximate surface area is 135 Å². The molecule has 7 heteroatoms. The lowest BCUT2D eigenvalue weighted by molar-refractivity contribution is -0.116. The maximum absolute atomic E-state index is 13.8. The normalized spacial score (nSPS) is 10.7. The van der Waals surface area contributed by atoms with E-state index in [0.29, 0.717) is 10.9 Å². The number of anilines is 1. The van der Waals surface area contributed by atoms with Crippen LogP contribution >= 0.6 is 11.6 Å². The Balaban J connectivity index is 1.85. The number of fused-ring (bicyclic) bond motifs is 1. The molecule has 0 saturated carbocycles. The molecule has 0 aliphatic carbocycles. The summed E-state index contributed by atoms with van der Waals surface area (Å²) < 4.78 is 14.9. The third-order valence-corrected chi connectivity index (χ3v) is 3.56. The molecule has 0 unspecified atom stereocenters. The van der Waals surface area contributed by atoms with E-state index in [1.54, 1.807) is 24.3 Å². The molecule has 0 spiro atoms. The van der Waals surface area contributed by atoms with Gasteiger partial charge in [0.2, 0.25) is 5.91 Å². The topological polar surface area (TPSA) is 64.0 Å². The highest BCUT2D eigenvalue weighted by Gasteiger charge is 2.11. The summed E-state index contributed by atoms with van der Waals surface area (Å²) in [5.41, 5.74) is 0.177. The van der Waals surface area contributed by atoms with E-state index >= 15 is 0 Å². The largest absolute Gasteiger partial charge is 0.322 e.